The standard InChI is InChI=1S/C22H23NO4.C2H4O5S/c1-13-17-12-21(26-4)20(25-3)11-14(17)10-18-15-6-7-19(24-2)22(27-5)16(15)8-9-23(13)18;3-2(4)1-8(5,6)7/h6-13H,1-5H3;1H2,(H,3,4)(H,5,6,7). The predicted octanol–water partition coefficient (Wildman–Crippen LogP) is 3.54. The van der Waals surface area contributed by atoms with E-state index in [0.29, 0.717) is 0 Å². The van der Waals surface area contributed by atoms with Crippen LogP contribution in [0.3, 0.4) is 0 Å². The maximum absolute atomic E-state index is 9.62. The Labute approximate surface area is 203 Å². The molecule has 188 valence electrons. The third-order valence-corrected chi connectivity index (χ3v) is 6.21. The molecule has 2 aromatic rings. The van der Waals surface area contributed by atoms with E-state index in [4.69, 9.17) is 28.6 Å². The van der Waals surface area contributed by atoms with Crippen LogP contribution < -0.4 is 18.9 Å². The van der Waals surface area contributed by atoms with Gasteiger partial charge in [0.1, 0.15) is 0 Å². The summed E-state index contributed by atoms with van der Waals surface area (Å²) in [5.41, 5.74) is 5.59. The average Bonchev–Trinajstić information content (AvgIpc) is 2.81. The van der Waals surface area contributed by atoms with Gasteiger partial charge in [-0.15, -0.1) is 0 Å². The molecule has 2 aliphatic heterocycles. The van der Waals surface area contributed by atoms with Crippen LogP contribution in [0.4, 0.5) is 0 Å². The monoisotopic (exact) mass is 505 g/mol. The first-order valence-corrected chi connectivity index (χ1v) is 12.0. The lowest BCUT2D eigenvalue weighted by Crippen LogP contribution is -2.26. The number of aliphatic carboxylic acids is 1. The molecule has 0 spiro atoms. The smallest absolute Gasteiger partial charge is 0.321 e. The van der Waals surface area contributed by atoms with Gasteiger partial charge in [-0.2, -0.15) is 8.42 Å². The first-order valence-electron chi connectivity index (χ1n) is 10.4. The van der Waals surface area contributed by atoms with Gasteiger partial charge in [-0.05, 0) is 54.5 Å². The van der Waals surface area contributed by atoms with Gasteiger partial charge in [-0.25, -0.2) is 0 Å². The van der Waals surface area contributed by atoms with Crippen molar-refractivity contribution in [3.05, 3.63) is 52.7 Å². The Morgan fingerprint density at radius 2 is 1.63 bits per heavy atom. The molecule has 10 nitrogen and oxygen atoms in total. The molecule has 0 aliphatic carbocycles. The summed E-state index contributed by atoms with van der Waals surface area (Å²) < 4.78 is 49.1. The van der Waals surface area contributed by atoms with Gasteiger partial charge in [0.2, 0.25) is 0 Å². The fourth-order valence-electron chi connectivity index (χ4n) is 4.05. The van der Waals surface area contributed by atoms with Crippen molar-refractivity contribution >= 4 is 33.9 Å². The van der Waals surface area contributed by atoms with Crippen molar-refractivity contribution in [3.8, 4) is 23.0 Å². The quantitative estimate of drug-likeness (QED) is 0.562. The molecule has 2 aliphatic rings. The Morgan fingerprint density at radius 1 is 1.00 bits per heavy atom. The van der Waals surface area contributed by atoms with E-state index in [1.807, 2.05) is 12.1 Å². The lowest BCUT2D eigenvalue weighted by atomic mass is 9.89. The number of ether oxygens (including phenoxy) is 4. The normalized spacial score (nSPS) is 15.4. The van der Waals surface area contributed by atoms with Gasteiger partial charge in [-0.3, -0.25) is 9.35 Å². The molecule has 0 aromatic heterocycles. The average molecular weight is 506 g/mol. The fourth-order valence-corrected chi connectivity index (χ4v) is 4.37. The largest absolute Gasteiger partial charge is 0.493 e. The van der Waals surface area contributed by atoms with Crippen LogP contribution in [0.1, 0.15) is 35.2 Å². The van der Waals surface area contributed by atoms with Crippen molar-refractivity contribution in [2.75, 3.05) is 34.2 Å². The van der Waals surface area contributed by atoms with Gasteiger partial charge in [0.25, 0.3) is 10.1 Å². The second-order valence-corrected chi connectivity index (χ2v) is 9.10. The van der Waals surface area contributed by atoms with Crippen LogP contribution in [-0.2, 0) is 14.9 Å². The highest BCUT2D eigenvalue weighted by Crippen LogP contribution is 2.48. The number of benzene rings is 2. The van der Waals surface area contributed by atoms with E-state index in [0.717, 1.165) is 45.4 Å². The number of fused-ring (bicyclic) bond motifs is 4. The SMILES string of the molecule is COc1cc2c(cc1OC)C(C)N1C=Cc3c(ccc(OC)c3OC)C1=C2.O=C(O)CS(=O)(=O)O. The van der Waals surface area contributed by atoms with E-state index >= 15 is 0 Å². The van der Waals surface area contributed by atoms with E-state index in [9.17, 15) is 13.2 Å². The number of nitrogens with zero attached hydrogens (tertiary/aromatic N) is 1. The molecule has 1 unspecified atom stereocenters. The highest BCUT2D eigenvalue weighted by Gasteiger charge is 2.31. The minimum absolute atomic E-state index is 0.164. The molecule has 0 radical (unpaired) electrons. The number of rotatable bonds is 6. The second kappa shape index (κ2) is 10.3. The van der Waals surface area contributed by atoms with Crippen LogP contribution in [0, 0.1) is 0 Å². The molecule has 2 heterocycles. The zero-order chi connectivity index (χ0) is 25.9. The molecule has 0 bridgehead atoms. The lowest BCUT2D eigenvalue weighted by Gasteiger charge is -2.38. The first-order chi connectivity index (χ1) is 16.5. The van der Waals surface area contributed by atoms with Crippen molar-refractivity contribution in [2.45, 2.75) is 13.0 Å². The van der Waals surface area contributed by atoms with Crippen LogP contribution in [0.2, 0.25) is 0 Å². The maximum Gasteiger partial charge on any atom is 0.321 e. The minimum Gasteiger partial charge on any atom is -0.493 e. The van der Waals surface area contributed by atoms with Crippen molar-refractivity contribution in [2.24, 2.45) is 0 Å². The zero-order valence-corrected chi connectivity index (χ0v) is 20.8. The molecule has 1 atom stereocenters. The highest BCUT2D eigenvalue weighted by atomic mass is 32.2. The Morgan fingerprint density at radius 3 is 2.14 bits per heavy atom. The summed E-state index contributed by atoms with van der Waals surface area (Å²) in [5.74, 6) is 0.156. The summed E-state index contributed by atoms with van der Waals surface area (Å²) in [6.45, 7) is 2.19. The summed E-state index contributed by atoms with van der Waals surface area (Å²) in [6.07, 6.45) is 6.36. The summed E-state index contributed by atoms with van der Waals surface area (Å²) in [7, 11) is 2.32. The summed E-state index contributed by atoms with van der Waals surface area (Å²) in [4.78, 5) is 11.7. The molecule has 0 saturated heterocycles. The van der Waals surface area contributed by atoms with Crippen LogP contribution in [0.5, 0.6) is 23.0 Å². The van der Waals surface area contributed by atoms with Gasteiger partial charge < -0.3 is 29.0 Å². The Kier molecular flexibility index (Phi) is 7.61. The van der Waals surface area contributed by atoms with Gasteiger partial charge in [0.05, 0.1) is 34.5 Å². The van der Waals surface area contributed by atoms with Crippen LogP contribution >= 0.6 is 0 Å². The van der Waals surface area contributed by atoms with E-state index in [-0.39, 0.29) is 6.04 Å². The molecule has 2 N–H and O–H groups in total. The third-order valence-electron chi connectivity index (χ3n) is 5.59. The molecule has 4 rings (SSSR count). The van der Waals surface area contributed by atoms with Gasteiger partial charge >= 0.3 is 5.97 Å². The second-order valence-electron chi connectivity index (χ2n) is 7.65. The van der Waals surface area contributed by atoms with E-state index in [2.05, 4.69) is 42.3 Å². The molecule has 0 amide bonds. The Bertz CT molecular complexity index is 1300. The Hall–Kier alpha value is -3.70. The fraction of sp³-hybridized carbons (Fsp3) is 0.292. The van der Waals surface area contributed by atoms with Crippen LogP contribution in [-0.4, -0.2) is 63.1 Å². The van der Waals surface area contributed by atoms with E-state index < -0.39 is 21.8 Å². The van der Waals surface area contributed by atoms with Gasteiger partial charge in [0, 0.05) is 23.0 Å². The molecule has 11 heteroatoms. The summed E-state index contributed by atoms with van der Waals surface area (Å²) >= 11 is 0. The molecule has 0 saturated carbocycles. The van der Waals surface area contributed by atoms with Gasteiger partial charge in [-0.1, -0.05) is 0 Å². The molecular weight excluding hydrogens is 478 g/mol. The molecule has 0 fully saturated rings. The number of carboxylic acids is 1. The van der Waals surface area contributed by atoms with Crippen LogP contribution in [0.25, 0.3) is 17.8 Å². The summed E-state index contributed by atoms with van der Waals surface area (Å²) in [5, 5.41) is 7.71. The van der Waals surface area contributed by atoms with Crippen molar-refractivity contribution in [1.82, 2.24) is 4.90 Å². The van der Waals surface area contributed by atoms with Crippen molar-refractivity contribution in [3.63, 3.8) is 0 Å². The molecule has 35 heavy (non-hydrogen) atoms. The molecular formula is C24H27NO9S. The highest BCUT2D eigenvalue weighted by molar-refractivity contribution is 7.86. The van der Waals surface area contributed by atoms with Crippen LogP contribution in [0.15, 0.2) is 30.5 Å². The van der Waals surface area contributed by atoms with Gasteiger partial charge in [0.15, 0.2) is 28.8 Å². The minimum atomic E-state index is -4.32. The van der Waals surface area contributed by atoms with E-state index in [1.165, 1.54) is 5.56 Å². The predicted molar refractivity (Wildman–Crippen MR) is 130 cm³/mol. The van der Waals surface area contributed by atoms with Crippen molar-refractivity contribution in [1.29, 1.82) is 0 Å². The van der Waals surface area contributed by atoms with Crippen molar-refractivity contribution < 1.29 is 41.8 Å². The zero-order valence-electron chi connectivity index (χ0n) is 19.9. The topological polar surface area (TPSA) is 132 Å². The number of hydrogen-bond donors (Lipinski definition) is 2. The number of carboxylic acid groups (broad SMARTS) is 1. The number of hydrogen-bond acceptors (Lipinski definition) is 8. The third kappa shape index (κ3) is 5.36. The lowest BCUT2D eigenvalue weighted by molar-refractivity contribution is -0.134. The number of carbonyl (C=O) groups is 1. The maximum atomic E-state index is 9.62. The Balaban J connectivity index is 0.000000371. The van der Waals surface area contributed by atoms with E-state index in [1.54, 1.807) is 28.4 Å². The first kappa shape index (κ1) is 25.9. The number of methoxy groups -OCH3 is 4. The summed E-state index contributed by atoms with van der Waals surface area (Å²) in [6, 6.07) is 8.29. The molecule has 2 aromatic carbocycles.